The molecule has 1 aromatic carbocycles. The first kappa shape index (κ1) is 14.1. The van der Waals surface area contributed by atoms with E-state index in [9.17, 15) is 9.18 Å². The molecule has 0 spiro atoms. The van der Waals surface area contributed by atoms with E-state index in [0.717, 1.165) is 25.7 Å². The van der Waals surface area contributed by atoms with Gasteiger partial charge < -0.3 is 10.1 Å². The van der Waals surface area contributed by atoms with Crippen LogP contribution in [0.15, 0.2) is 18.2 Å². The number of alkyl halides is 1. The number of methoxy groups -OCH3 is 1. The Morgan fingerprint density at radius 2 is 2.05 bits per heavy atom. The predicted molar refractivity (Wildman–Crippen MR) is 72.3 cm³/mol. The number of rotatable bonds is 3. The largest absolute Gasteiger partial charge is 0.494 e. The fourth-order valence-corrected chi connectivity index (χ4v) is 2.53. The lowest BCUT2D eigenvalue weighted by molar-refractivity contribution is 0.0927. The molecule has 0 unspecified atom stereocenters. The molecule has 3 nitrogen and oxygen atoms in total. The second-order valence-corrected chi connectivity index (χ2v) is 5.39. The molecule has 5 heteroatoms. The van der Waals surface area contributed by atoms with E-state index < -0.39 is 5.82 Å². The number of ether oxygens (including phenoxy) is 1. The Hall–Kier alpha value is -1.29. The standard InChI is InChI=1S/C14H17ClFNO2/c1-19-13-7-2-9(8-12(13)16)14(18)17-11-5-3-10(15)4-6-11/h2,7-8,10-11H,3-6H2,1H3,(H,17,18). The first-order valence-electron chi connectivity index (χ1n) is 6.38. The minimum atomic E-state index is -0.528. The van der Waals surface area contributed by atoms with E-state index in [1.165, 1.54) is 19.2 Å². The lowest BCUT2D eigenvalue weighted by Crippen LogP contribution is -2.37. The van der Waals surface area contributed by atoms with Crippen LogP contribution >= 0.6 is 11.6 Å². The molecule has 19 heavy (non-hydrogen) atoms. The molecule has 0 atom stereocenters. The van der Waals surface area contributed by atoms with Gasteiger partial charge in [0.2, 0.25) is 0 Å². The molecule has 1 fully saturated rings. The zero-order chi connectivity index (χ0) is 13.8. The number of halogens is 2. The van der Waals surface area contributed by atoms with Crippen LogP contribution in [0.3, 0.4) is 0 Å². The second kappa shape index (κ2) is 6.24. The molecule has 1 aliphatic rings. The summed E-state index contributed by atoms with van der Waals surface area (Å²) < 4.78 is 18.3. The molecule has 1 amide bonds. The summed E-state index contributed by atoms with van der Waals surface area (Å²) in [6.45, 7) is 0. The van der Waals surface area contributed by atoms with Gasteiger partial charge in [-0.05, 0) is 43.9 Å². The average Bonchev–Trinajstić information content (AvgIpc) is 2.41. The summed E-state index contributed by atoms with van der Waals surface area (Å²) in [7, 11) is 1.39. The maximum atomic E-state index is 13.5. The van der Waals surface area contributed by atoms with Crippen molar-refractivity contribution in [2.75, 3.05) is 7.11 Å². The van der Waals surface area contributed by atoms with Crippen LogP contribution in [0.1, 0.15) is 36.0 Å². The topological polar surface area (TPSA) is 38.3 Å². The lowest BCUT2D eigenvalue weighted by atomic mass is 9.95. The van der Waals surface area contributed by atoms with Gasteiger partial charge in [0.05, 0.1) is 7.11 Å². The van der Waals surface area contributed by atoms with Gasteiger partial charge in [-0.2, -0.15) is 0 Å². The van der Waals surface area contributed by atoms with Crippen LogP contribution in [0.5, 0.6) is 5.75 Å². The molecule has 104 valence electrons. The first-order chi connectivity index (χ1) is 9.10. The number of benzene rings is 1. The van der Waals surface area contributed by atoms with E-state index in [1.807, 2.05) is 0 Å². The molecule has 1 saturated carbocycles. The van der Waals surface area contributed by atoms with Crippen LogP contribution in [0.4, 0.5) is 4.39 Å². The zero-order valence-electron chi connectivity index (χ0n) is 10.8. The summed E-state index contributed by atoms with van der Waals surface area (Å²) in [5.74, 6) is -0.640. The summed E-state index contributed by atoms with van der Waals surface area (Å²) in [4.78, 5) is 12.0. The predicted octanol–water partition coefficient (Wildman–Crippen LogP) is 3.11. The van der Waals surface area contributed by atoms with Gasteiger partial charge in [0.1, 0.15) is 0 Å². The highest BCUT2D eigenvalue weighted by Crippen LogP contribution is 2.23. The van der Waals surface area contributed by atoms with Gasteiger partial charge in [0, 0.05) is 17.0 Å². The molecule has 0 saturated heterocycles. The highest BCUT2D eigenvalue weighted by atomic mass is 35.5. The summed E-state index contributed by atoms with van der Waals surface area (Å²) >= 11 is 6.01. The van der Waals surface area contributed by atoms with Crippen LogP contribution in [-0.2, 0) is 0 Å². The molecule has 0 bridgehead atoms. The van der Waals surface area contributed by atoms with Gasteiger partial charge >= 0.3 is 0 Å². The third-order valence-electron chi connectivity index (χ3n) is 3.41. The number of carbonyl (C=O) groups is 1. The Bertz CT molecular complexity index is 459. The SMILES string of the molecule is COc1ccc(C(=O)NC2CCC(Cl)CC2)cc1F. The summed E-state index contributed by atoms with van der Waals surface area (Å²) in [6.07, 6.45) is 3.56. The lowest BCUT2D eigenvalue weighted by Gasteiger charge is -2.25. The summed E-state index contributed by atoms with van der Waals surface area (Å²) in [5, 5.41) is 3.13. The van der Waals surface area contributed by atoms with Crippen LogP contribution in [0.25, 0.3) is 0 Å². The number of hydrogen-bond acceptors (Lipinski definition) is 2. The molecule has 1 aliphatic carbocycles. The van der Waals surface area contributed by atoms with Crippen molar-refractivity contribution in [3.05, 3.63) is 29.6 Å². The van der Waals surface area contributed by atoms with E-state index in [-0.39, 0.29) is 23.1 Å². The van der Waals surface area contributed by atoms with Crippen molar-refractivity contribution in [2.24, 2.45) is 0 Å². The van der Waals surface area contributed by atoms with Crippen molar-refractivity contribution in [3.8, 4) is 5.75 Å². The molecule has 2 rings (SSSR count). The Labute approximate surface area is 117 Å². The van der Waals surface area contributed by atoms with Gasteiger partial charge in [0.15, 0.2) is 11.6 Å². The van der Waals surface area contributed by atoms with E-state index in [2.05, 4.69) is 5.32 Å². The van der Waals surface area contributed by atoms with Gasteiger partial charge in [-0.3, -0.25) is 4.79 Å². The van der Waals surface area contributed by atoms with Crippen molar-refractivity contribution < 1.29 is 13.9 Å². The fourth-order valence-electron chi connectivity index (χ4n) is 2.27. The van der Waals surface area contributed by atoms with E-state index >= 15 is 0 Å². The number of hydrogen-bond donors (Lipinski definition) is 1. The van der Waals surface area contributed by atoms with Crippen LogP contribution in [0, 0.1) is 5.82 Å². The van der Waals surface area contributed by atoms with Gasteiger partial charge in [-0.15, -0.1) is 11.6 Å². The second-order valence-electron chi connectivity index (χ2n) is 4.77. The fraction of sp³-hybridized carbons (Fsp3) is 0.500. The number of nitrogens with one attached hydrogen (secondary N) is 1. The molecule has 0 aliphatic heterocycles. The minimum Gasteiger partial charge on any atom is -0.494 e. The van der Waals surface area contributed by atoms with E-state index in [0.29, 0.717) is 5.56 Å². The van der Waals surface area contributed by atoms with Crippen LogP contribution in [-0.4, -0.2) is 24.4 Å². The monoisotopic (exact) mass is 285 g/mol. The molecule has 0 radical (unpaired) electrons. The minimum absolute atomic E-state index is 0.132. The summed E-state index contributed by atoms with van der Waals surface area (Å²) in [5.41, 5.74) is 0.311. The quantitative estimate of drug-likeness (QED) is 0.867. The van der Waals surface area contributed by atoms with Gasteiger partial charge in [-0.1, -0.05) is 0 Å². The molecule has 1 aromatic rings. The highest BCUT2D eigenvalue weighted by molar-refractivity contribution is 6.20. The van der Waals surface area contributed by atoms with Crippen molar-refractivity contribution in [1.82, 2.24) is 5.32 Å². The van der Waals surface area contributed by atoms with Crippen molar-refractivity contribution in [2.45, 2.75) is 37.1 Å². The third kappa shape index (κ3) is 3.60. The Morgan fingerprint density at radius 1 is 1.37 bits per heavy atom. The molecule has 0 aromatic heterocycles. The normalized spacial score (nSPS) is 22.9. The Balaban J connectivity index is 1.98. The first-order valence-corrected chi connectivity index (χ1v) is 6.82. The maximum absolute atomic E-state index is 13.5. The van der Waals surface area contributed by atoms with Crippen molar-refractivity contribution in [1.29, 1.82) is 0 Å². The van der Waals surface area contributed by atoms with Gasteiger partial charge in [-0.25, -0.2) is 4.39 Å². The Kier molecular flexibility index (Phi) is 4.64. The number of carbonyl (C=O) groups excluding carboxylic acids is 1. The maximum Gasteiger partial charge on any atom is 0.251 e. The Morgan fingerprint density at radius 3 is 2.63 bits per heavy atom. The van der Waals surface area contributed by atoms with E-state index in [4.69, 9.17) is 16.3 Å². The van der Waals surface area contributed by atoms with Gasteiger partial charge in [0.25, 0.3) is 5.91 Å². The van der Waals surface area contributed by atoms with Crippen LogP contribution < -0.4 is 10.1 Å². The average molecular weight is 286 g/mol. The van der Waals surface area contributed by atoms with Crippen molar-refractivity contribution >= 4 is 17.5 Å². The van der Waals surface area contributed by atoms with E-state index in [1.54, 1.807) is 6.07 Å². The molecular weight excluding hydrogens is 269 g/mol. The smallest absolute Gasteiger partial charge is 0.251 e. The number of amides is 1. The van der Waals surface area contributed by atoms with Crippen molar-refractivity contribution in [3.63, 3.8) is 0 Å². The third-order valence-corrected chi connectivity index (χ3v) is 3.84. The van der Waals surface area contributed by atoms with Crippen LogP contribution in [0.2, 0.25) is 0 Å². The highest BCUT2D eigenvalue weighted by Gasteiger charge is 2.21. The molecule has 1 N–H and O–H groups in total. The molecular formula is C14H17ClFNO2. The molecule has 0 heterocycles. The summed E-state index contributed by atoms with van der Waals surface area (Å²) in [6, 6.07) is 4.35. The zero-order valence-corrected chi connectivity index (χ0v) is 11.5.